The van der Waals surface area contributed by atoms with Crippen LogP contribution in [0.2, 0.25) is 0 Å². The highest BCUT2D eigenvalue weighted by atomic mass is 16.5. The molecule has 0 saturated heterocycles. The predicted octanol–water partition coefficient (Wildman–Crippen LogP) is 3.30. The van der Waals surface area contributed by atoms with Gasteiger partial charge in [0.2, 0.25) is 0 Å². The minimum atomic E-state index is -0.807. The first-order chi connectivity index (χ1) is 8.00. The Balaban J connectivity index is 2.53. The molecule has 0 spiro atoms. The number of benzene rings is 1. The van der Waals surface area contributed by atoms with Crippen LogP contribution in [-0.4, -0.2) is 17.7 Å². The zero-order chi connectivity index (χ0) is 12.8. The summed E-state index contributed by atoms with van der Waals surface area (Å²) in [6.45, 7) is 6.68. The number of aliphatic carboxylic acids is 1. The third-order valence-electron chi connectivity index (χ3n) is 2.71. The third-order valence-corrected chi connectivity index (χ3v) is 2.71. The van der Waals surface area contributed by atoms with Crippen molar-refractivity contribution in [3.63, 3.8) is 0 Å². The highest BCUT2D eigenvalue weighted by Gasteiger charge is 2.12. The first kappa shape index (κ1) is 13.6. The van der Waals surface area contributed by atoms with Gasteiger partial charge in [0.25, 0.3) is 0 Å². The van der Waals surface area contributed by atoms with Crippen LogP contribution in [-0.2, 0) is 4.79 Å². The van der Waals surface area contributed by atoms with E-state index in [4.69, 9.17) is 9.84 Å². The normalized spacial score (nSPS) is 12.5. The zero-order valence-electron chi connectivity index (χ0n) is 10.6. The molecule has 1 atom stereocenters. The Kier molecular flexibility index (Phi) is 5.01. The van der Waals surface area contributed by atoms with Crippen LogP contribution in [0.4, 0.5) is 0 Å². The van der Waals surface area contributed by atoms with Crippen molar-refractivity contribution in [1.82, 2.24) is 0 Å². The summed E-state index contributed by atoms with van der Waals surface area (Å²) in [6.07, 6.45) is 1.02. The van der Waals surface area contributed by atoms with Crippen LogP contribution in [0.25, 0.3) is 0 Å². The van der Waals surface area contributed by atoms with Gasteiger partial charge in [-0.3, -0.25) is 4.79 Å². The van der Waals surface area contributed by atoms with Crippen molar-refractivity contribution in [2.75, 3.05) is 6.61 Å². The highest BCUT2D eigenvalue weighted by molar-refractivity contribution is 5.75. The molecule has 0 aliphatic rings. The van der Waals surface area contributed by atoms with Crippen molar-refractivity contribution in [2.45, 2.75) is 33.1 Å². The van der Waals surface area contributed by atoms with Gasteiger partial charge < -0.3 is 9.84 Å². The molecule has 0 radical (unpaired) electrons. The van der Waals surface area contributed by atoms with Crippen molar-refractivity contribution in [3.05, 3.63) is 29.8 Å². The third kappa shape index (κ3) is 4.47. The second kappa shape index (κ2) is 6.28. The van der Waals surface area contributed by atoms with Gasteiger partial charge in [-0.15, -0.1) is 0 Å². The van der Waals surface area contributed by atoms with E-state index in [9.17, 15) is 4.79 Å². The molecular weight excluding hydrogens is 216 g/mol. The van der Waals surface area contributed by atoms with Crippen LogP contribution in [0.1, 0.15) is 38.7 Å². The average molecular weight is 236 g/mol. The molecule has 1 aromatic rings. The number of carbonyl (C=O) groups is 1. The smallest absolute Gasteiger partial charge is 0.310 e. The van der Waals surface area contributed by atoms with E-state index in [0.717, 1.165) is 17.7 Å². The molecule has 0 aliphatic carbocycles. The average Bonchev–Trinajstić information content (AvgIpc) is 2.28. The zero-order valence-corrected chi connectivity index (χ0v) is 10.6. The molecule has 1 N–H and O–H groups in total. The Labute approximate surface area is 102 Å². The minimum Gasteiger partial charge on any atom is -0.494 e. The van der Waals surface area contributed by atoms with Crippen LogP contribution in [0.15, 0.2) is 24.3 Å². The minimum absolute atomic E-state index is 0.472. The first-order valence-corrected chi connectivity index (χ1v) is 5.96. The van der Waals surface area contributed by atoms with Gasteiger partial charge in [-0.2, -0.15) is 0 Å². The Morgan fingerprint density at radius 3 is 2.29 bits per heavy atom. The lowest BCUT2D eigenvalue weighted by Crippen LogP contribution is -2.07. The molecule has 1 unspecified atom stereocenters. The molecule has 0 saturated carbocycles. The van der Waals surface area contributed by atoms with Crippen molar-refractivity contribution < 1.29 is 14.6 Å². The predicted molar refractivity (Wildman–Crippen MR) is 67.4 cm³/mol. The maximum Gasteiger partial charge on any atom is 0.310 e. The molecular formula is C14H20O3. The van der Waals surface area contributed by atoms with Crippen LogP contribution >= 0.6 is 0 Å². The van der Waals surface area contributed by atoms with E-state index >= 15 is 0 Å². The number of carboxylic acids is 1. The van der Waals surface area contributed by atoms with Crippen molar-refractivity contribution >= 4 is 5.97 Å². The SMILES string of the molecule is CC(C)CCOc1ccc(C(C)C(=O)O)cc1. The summed E-state index contributed by atoms with van der Waals surface area (Å²) in [5, 5.41) is 8.88. The molecule has 3 nitrogen and oxygen atoms in total. The molecule has 0 heterocycles. The molecule has 0 bridgehead atoms. The topological polar surface area (TPSA) is 46.5 Å². The van der Waals surface area contributed by atoms with Gasteiger partial charge in [-0.05, 0) is 37.0 Å². The summed E-state index contributed by atoms with van der Waals surface area (Å²) in [4.78, 5) is 10.8. The largest absolute Gasteiger partial charge is 0.494 e. The van der Waals surface area contributed by atoms with Gasteiger partial charge in [0.1, 0.15) is 5.75 Å². The van der Waals surface area contributed by atoms with Crippen molar-refractivity contribution in [2.24, 2.45) is 5.92 Å². The fourth-order valence-corrected chi connectivity index (χ4v) is 1.41. The Morgan fingerprint density at radius 2 is 1.82 bits per heavy atom. The maximum absolute atomic E-state index is 10.8. The lowest BCUT2D eigenvalue weighted by atomic mass is 10.0. The maximum atomic E-state index is 10.8. The van der Waals surface area contributed by atoms with Crippen LogP contribution in [0.3, 0.4) is 0 Å². The van der Waals surface area contributed by atoms with E-state index in [-0.39, 0.29) is 0 Å². The number of hydrogen-bond donors (Lipinski definition) is 1. The van der Waals surface area contributed by atoms with Gasteiger partial charge in [0.15, 0.2) is 0 Å². The van der Waals surface area contributed by atoms with Crippen molar-refractivity contribution in [1.29, 1.82) is 0 Å². The number of ether oxygens (including phenoxy) is 1. The Hall–Kier alpha value is -1.51. The van der Waals surface area contributed by atoms with Gasteiger partial charge in [-0.1, -0.05) is 26.0 Å². The van der Waals surface area contributed by atoms with Crippen LogP contribution in [0, 0.1) is 5.92 Å². The van der Waals surface area contributed by atoms with Gasteiger partial charge in [-0.25, -0.2) is 0 Å². The van der Waals surface area contributed by atoms with Gasteiger partial charge in [0, 0.05) is 0 Å². The molecule has 0 amide bonds. The van der Waals surface area contributed by atoms with E-state index in [1.807, 2.05) is 24.3 Å². The lowest BCUT2D eigenvalue weighted by molar-refractivity contribution is -0.138. The molecule has 1 rings (SSSR count). The van der Waals surface area contributed by atoms with Gasteiger partial charge >= 0.3 is 5.97 Å². The quantitative estimate of drug-likeness (QED) is 0.824. The van der Waals surface area contributed by atoms with Gasteiger partial charge in [0.05, 0.1) is 12.5 Å². The molecule has 1 aromatic carbocycles. The molecule has 94 valence electrons. The highest BCUT2D eigenvalue weighted by Crippen LogP contribution is 2.19. The summed E-state index contributed by atoms with van der Waals surface area (Å²) in [7, 11) is 0. The summed E-state index contributed by atoms with van der Waals surface area (Å²) >= 11 is 0. The monoisotopic (exact) mass is 236 g/mol. The second-order valence-corrected chi connectivity index (χ2v) is 4.66. The summed E-state index contributed by atoms with van der Waals surface area (Å²) in [5.41, 5.74) is 0.800. The van der Waals surface area contributed by atoms with E-state index in [0.29, 0.717) is 12.5 Å². The number of hydrogen-bond acceptors (Lipinski definition) is 2. The number of rotatable bonds is 6. The van der Waals surface area contributed by atoms with E-state index in [2.05, 4.69) is 13.8 Å². The lowest BCUT2D eigenvalue weighted by Gasteiger charge is -2.10. The second-order valence-electron chi connectivity index (χ2n) is 4.66. The van der Waals surface area contributed by atoms with E-state index in [1.54, 1.807) is 6.92 Å². The molecule has 3 heteroatoms. The Morgan fingerprint density at radius 1 is 1.24 bits per heavy atom. The van der Waals surface area contributed by atoms with E-state index in [1.165, 1.54) is 0 Å². The standard InChI is InChI=1S/C14H20O3/c1-10(2)8-9-17-13-6-4-12(5-7-13)11(3)14(15)16/h4-7,10-11H,8-9H2,1-3H3,(H,15,16). The fourth-order valence-electron chi connectivity index (χ4n) is 1.41. The van der Waals surface area contributed by atoms with E-state index < -0.39 is 11.9 Å². The van der Waals surface area contributed by atoms with Crippen LogP contribution in [0.5, 0.6) is 5.75 Å². The summed E-state index contributed by atoms with van der Waals surface area (Å²) in [6, 6.07) is 7.27. The number of carboxylic acid groups (broad SMARTS) is 1. The van der Waals surface area contributed by atoms with Crippen molar-refractivity contribution in [3.8, 4) is 5.75 Å². The molecule has 0 fully saturated rings. The molecule has 0 aromatic heterocycles. The first-order valence-electron chi connectivity index (χ1n) is 5.96. The van der Waals surface area contributed by atoms with Crippen LogP contribution < -0.4 is 4.74 Å². The Bertz CT molecular complexity index is 354. The summed E-state index contributed by atoms with van der Waals surface area (Å²) < 4.78 is 5.56. The summed E-state index contributed by atoms with van der Waals surface area (Å²) in [5.74, 6) is 0.145. The molecule has 17 heavy (non-hydrogen) atoms. The fraction of sp³-hybridized carbons (Fsp3) is 0.500. The molecule has 0 aliphatic heterocycles.